The SMILES string of the molecule is CCOC(=O)C[B-]c1n(C)c(C)c(C)[n+]1C. The van der Waals surface area contributed by atoms with Gasteiger partial charge in [-0.05, 0) is 6.92 Å². The maximum Gasteiger partial charge on any atom is 0.265 e. The van der Waals surface area contributed by atoms with Gasteiger partial charge in [0.05, 0.1) is 20.7 Å². The molecule has 1 aromatic rings. The van der Waals surface area contributed by atoms with Crippen molar-refractivity contribution in [2.24, 2.45) is 14.1 Å². The van der Waals surface area contributed by atoms with Gasteiger partial charge < -0.3 is 4.74 Å². The predicted molar refractivity (Wildman–Crippen MR) is 62.9 cm³/mol. The van der Waals surface area contributed by atoms with Crippen LogP contribution in [0.5, 0.6) is 0 Å². The highest BCUT2D eigenvalue weighted by atomic mass is 16.5. The first-order chi connectivity index (χ1) is 7.49. The normalized spacial score (nSPS) is 10.6. The molecule has 0 unspecified atom stereocenters. The maximum absolute atomic E-state index is 11.3. The molecule has 1 aromatic heterocycles. The quantitative estimate of drug-likeness (QED) is 0.401. The minimum absolute atomic E-state index is 0.181. The lowest BCUT2D eigenvalue weighted by Gasteiger charge is -2.12. The first-order valence-corrected chi connectivity index (χ1v) is 5.49. The van der Waals surface area contributed by atoms with Gasteiger partial charge in [-0.1, -0.05) is 0 Å². The summed E-state index contributed by atoms with van der Waals surface area (Å²) in [5, 5.41) is 0. The minimum Gasteiger partial charge on any atom is -0.468 e. The Hall–Kier alpha value is -1.26. The number of aromatic nitrogens is 2. The highest BCUT2D eigenvalue weighted by molar-refractivity contribution is 6.54. The Morgan fingerprint density at radius 2 is 2.12 bits per heavy atom. The van der Waals surface area contributed by atoms with Crippen LogP contribution in [0, 0.1) is 13.8 Å². The average molecular weight is 222 g/mol. The van der Waals surface area contributed by atoms with Crippen molar-refractivity contribution in [1.29, 1.82) is 0 Å². The molecule has 16 heavy (non-hydrogen) atoms. The van der Waals surface area contributed by atoms with Gasteiger partial charge in [0.25, 0.3) is 5.97 Å². The number of ether oxygens (including phenoxy) is 1. The summed E-state index contributed by atoms with van der Waals surface area (Å²) in [7, 11) is 5.90. The molecule has 88 valence electrons. The number of hydrogen-bond acceptors (Lipinski definition) is 2. The van der Waals surface area contributed by atoms with Crippen LogP contribution in [0.3, 0.4) is 0 Å². The fourth-order valence-electron chi connectivity index (χ4n) is 1.72. The standard InChI is InChI=1S/C11H19BN2O2/c1-6-16-10(15)7-12-11-13(4)8(2)9(3)14(11)5/h6-7H2,1-5H3. The van der Waals surface area contributed by atoms with Crippen molar-refractivity contribution >= 4 is 19.0 Å². The van der Waals surface area contributed by atoms with Crippen molar-refractivity contribution in [2.75, 3.05) is 6.61 Å². The van der Waals surface area contributed by atoms with Crippen LogP contribution in [0.25, 0.3) is 0 Å². The lowest BCUT2D eigenvalue weighted by Crippen LogP contribution is -2.51. The summed E-state index contributed by atoms with van der Waals surface area (Å²) in [6.07, 6.45) is 0.318. The van der Waals surface area contributed by atoms with Gasteiger partial charge in [-0.25, -0.2) is 0 Å². The lowest BCUT2D eigenvalue weighted by molar-refractivity contribution is -0.659. The van der Waals surface area contributed by atoms with E-state index >= 15 is 0 Å². The molecule has 0 bridgehead atoms. The van der Waals surface area contributed by atoms with Crippen LogP contribution in [-0.2, 0) is 23.6 Å². The smallest absolute Gasteiger partial charge is 0.265 e. The molecule has 0 aliphatic carbocycles. The number of esters is 1. The number of hydrogen-bond donors (Lipinski definition) is 0. The van der Waals surface area contributed by atoms with E-state index in [1.807, 2.05) is 28.3 Å². The summed E-state index contributed by atoms with van der Waals surface area (Å²) in [5.41, 5.74) is 3.44. The first-order valence-electron chi connectivity index (χ1n) is 5.49. The summed E-state index contributed by atoms with van der Waals surface area (Å²) in [4.78, 5) is 11.3. The fraction of sp³-hybridized carbons (Fsp3) is 0.636. The van der Waals surface area contributed by atoms with Crippen LogP contribution in [-0.4, -0.2) is 24.4 Å². The van der Waals surface area contributed by atoms with Gasteiger partial charge in [-0.3, -0.25) is 13.9 Å². The molecule has 0 N–H and O–H groups in total. The Balaban J connectivity index is 2.75. The lowest BCUT2D eigenvalue weighted by atomic mass is 9.73. The van der Waals surface area contributed by atoms with Gasteiger partial charge in [0.1, 0.15) is 11.4 Å². The summed E-state index contributed by atoms with van der Waals surface area (Å²) in [6, 6.07) is 0. The third kappa shape index (κ3) is 2.46. The molecular formula is C11H19BN2O2. The molecule has 0 atom stereocenters. The monoisotopic (exact) mass is 222 g/mol. The van der Waals surface area contributed by atoms with E-state index in [0.717, 1.165) is 5.72 Å². The van der Waals surface area contributed by atoms with Crippen LogP contribution < -0.4 is 10.3 Å². The van der Waals surface area contributed by atoms with Crippen molar-refractivity contribution in [1.82, 2.24) is 4.57 Å². The van der Waals surface area contributed by atoms with E-state index in [1.54, 1.807) is 0 Å². The maximum atomic E-state index is 11.3. The Bertz CT molecular complexity index is 374. The number of nitrogens with zero attached hydrogens (tertiary/aromatic N) is 2. The van der Waals surface area contributed by atoms with Gasteiger partial charge in [0.15, 0.2) is 0 Å². The average Bonchev–Trinajstić information content (AvgIpc) is 2.42. The molecule has 4 nitrogen and oxygen atoms in total. The second-order valence-electron chi connectivity index (χ2n) is 3.86. The van der Waals surface area contributed by atoms with Gasteiger partial charge in [0, 0.05) is 19.6 Å². The first kappa shape index (κ1) is 12.8. The summed E-state index contributed by atoms with van der Waals surface area (Å²) in [5.74, 6) is -0.181. The Morgan fingerprint density at radius 1 is 1.50 bits per heavy atom. The van der Waals surface area contributed by atoms with E-state index in [0.29, 0.717) is 12.9 Å². The zero-order valence-corrected chi connectivity index (χ0v) is 10.7. The van der Waals surface area contributed by atoms with E-state index in [9.17, 15) is 4.79 Å². The fourth-order valence-corrected chi connectivity index (χ4v) is 1.72. The van der Waals surface area contributed by atoms with Gasteiger partial charge in [0.2, 0.25) is 0 Å². The summed E-state index contributed by atoms with van der Waals surface area (Å²) >= 11 is 0. The second-order valence-corrected chi connectivity index (χ2v) is 3.86. The van der Waals surface area contributed by atoms with Crippen LogP contribution in [0.4, 0.5) is 0 Å². The number of carbonyl (C=O) groups excluding carboxylic acids is 1. The van der Waals surface area contributed by atoms with Crippen LogP contribution in [0.1, 0.15) is 18.3 Å². The van der Waals surface area contributed by atoms with E-state index in [1.165, 1.54) is 11.4 Å². The zero-order chi connectivity index (χ0) is 12.3. The van der Waals surface area contributed by atoms with E-state index < -0.39 is 0 Å². The summed E-state index contributed by atoms with van der Waals surface area (Å²) < 4.78 is 9.05. The largest absolute Gasteiger partial charge is 0.468 e. The molecule has 5 heteroatoms. The van der Waals surface area contributed by atoms with E-state index in [2.05, 4.69) is 23.0 Å². The molecule has 0 aromatic carbocycles. The van der Waals surface area contributed by atoms with Crippen LogP contribution in [0.15, 0.2) is 0 Å². The zero-order valence-electron chi connectivity index (χ0n) is 10.7. The molecule has 0 fully saturated rings. The highest BCUT2D eigenvalue weighted by Crippen LogP contribution is 1.98. The molecule has 0 saturated carbocycles. The van der Waals surface area contributed by atoms with E-state index in [-0.39, 0.29) is 5.97 Å². The molecular weight excluding hydrogens is 203 g/mol. The van der Waals surface area contributed by atoms with Crippen molar-refractivity contribution in [3.05, 3.63) is 11.4 Å². The van der Waals surface area contributed by atoms with Crippen LogP contribution >= 0.6 is 0 Å². The molecule has 2 radical (unpaired) electrons. The minimum atomic E-state index is -0.181. The third-order valence-corrected chi connectivity index (χ3v) is 2.97. The van der Waals surface area contributed by atoms with Crippen LogP contribution in [0.2, 0.25) is 6.32 Å². The molecule has 0 aliphatic heterocycles. The number of carbonyl (C=O) groups is 1. The third-order valence-electron chi connectivity index (χ3n) is 2.97. The van der Waals surface area contributed by atoms with E-state index in [4.69, 9.17) is 4.74 Å². The Labute approximate surface area is 97.5 Å². The second kappa shape index (κ2) is 5.19. The molecule has 1 heterocycles. The molecule has 0 saturated heterocycles. The van der Waals surface area contributed by atoms with Gasteiger partial charge in [-0.15, -0.1) is 6.32 Å². The van der Waals surface area contributed by atoms with Crippen molar-refractivity contribution in [3.8, 4) is 0 Å². The van der Waals surface area contributed by atoms with Gasteiger partial charge >= 0.3 is 0 Å². The summed E-state index contributed by atoms with van der Waals surface area (Å²) in [6.45, 7) is 6.38. The molecule has 0 amide bonds. The van der Waals surface area contributed by atoms with Crippen molar-refractivity contribution in [3.63, 3.8) is 0 Å². The van der Waals surface area contributed by atoms with Crippen molar-refractivity contribution in [2.45, 2.75) is 27.1 Å². The molecule has 0 aliphatic rings. The molecule has 0 spiro atoms. The van der Waals surface area contributed by atoms with Gasteiger partial charge in [-0.2, -0.15) is 7.28 Å². The highest BCUT2D eigenvalue weighted by Gasteiger charge is 2.12. The van der Waals surface area contributed by atoms with Crippen molar-refractivity contribution < 1.29 is 14.1 Å². The predicted octanol–water partition coefficient (Wildman–Crippen LogP) is -0.223. The number of rotatable bonds is 4. The Kier molecular flexibility index (Phi) is 4.15. The number of imidazole rings is 1. The Morgan fingerprint density at radius 3 is 2.56 bits per heavy atom. The topological polar surface area (TPSA) is 35.1 Å². The molecule has 1 rings (SSSR count).